The number of hydrogen-bond donors (Lipinski definition) is 1. The highest BCUT2D eigenvalue weighted by atomic mass is 16.6. The number of aliphatic hydroxyl groups is 1. The maximum atomic E-state index is 8.87. The topological polar surface area (TPSA) is 29.5 Å². The van der Waals surface area contributed by atoms with Gasteiger partial charge in [-0.3, -0.25) is 0 Å². The first-order valence-electron chi connectivity index (χ1n) is 5.32. The zero-order valence-corrected chi connectivity index (χ0v) is 8.76. The summed E-state index contributed by atoms with van der Waals surface area (Å²) < 4.78 is 5.30. The summed E-state index contributed by atoms with van der Waals surface area (Å²) in [5.41, 5.74) is 2.34. The van der Waals surface area contributed by atoms with Crippen LogP contribution >= 0.6 is 0 Å². The predicted molar refractivity (Wildman–Crippen MR) is 63.9 cm³/mol. The third kappa shape index (κ3) is 1.35. The van der Waals surface area contributed by atoms with E-state index < -0.39 is 0 Å². The summed E-state index contributed by atoms with van der Waals surface area (Å²) in [6.07, 6.45) is 3.90. The van der Waals surface area contributed by atoms with Gasteiger partial charge in [0.25, 0.3) is 0 Å². The van der Waals surface area contributed by atoms with Crippen LogP contribution in [-0.4, -0.2) is 11.9 Å². The maximum Gasteiger partial charge on any atom is 0.144 e. The standard InChI is InChI=1S/C14H12O2/c15-9-16-13-8-7-11-4-1-3-10-5-2-6-12(13)14(10)11/h1-8,13,15H,9H2. The molecule has 2 aromatic rings. The Morgan fingerprint density at radius 2 is 1.94 bits per heavy atom. The van der Waals surface area contributed by atoms with Gasteiger partial charge in [0, 0.05) is 0 Å². The molecule has 2 aromatic carbocycles. The first-order chi connectivity index (χ1) is 7.90. The van der Waals surface area contributed by atoms with E-state index >= 15 is 0 Å². The van der Waals surface area contributed by atoms with Crippen LogP contribution in [0.4, 0.5) is 0 Å². The van der Waals surface area contributed by atoms with Crippen LogP contribution in [0.25, 0.3) is 16.8 Å². The molecule has 2 nitrogen and oxygen atoms in total. The van der Waals surface area contributed by atoms with Crippen LogP contribution in [0.2, 0.25) is 0 Å². The van der Waals surface area contributed by atoms with Gasteiger partial charge in [-0.15, -0.1) is 0 Å². The smallest absolute Gasteiger partial charge is 0.144 e. The lowest BCUT2D eigenvalue weighted by atomic mass is 9.91. The summed E-state index contributed by atoms with van der Waals surface area (Å²) in [6, 6.07) is 12.4. The van der Waals surface area contributed by atoms with Crippen molar-refractivity contribution >= 4 is 16.8 Å². The Balaban J connectivity index is 2.27. The van der Waals surface area contributed by atoms with Crippen LogP contribution in [0.15, 0.2) is 42.5 Å². The monoisotopic (exact) mass is 212 g/mol. The molecule has 0 bridgehead atoms. The quantitative estimate of drug-likeness (QED) is 0.775. The number of hydrogen-bond acceptors (Lipinski definition) is 2. The van der Waals surface area contributed by atoms with E-state index in [0.29, 0.717) is 0 Å². The van der Waals surface area contributed by atoms with E-state index in [1.807, 2.05) is 12.1 Å². The maximum absolute atomic E-state index is 8.87. The molecule has 0 aromatic heterocycles. The summed E-state index contributed by atoms with van der Waals surface area (Å²) in [7, 11) is 0. The third-order valence-electron chi connectivity index (χ3n) is 2.98. The predicted octanol–water partition coefficient (Wildman–Crippen LogP) is 2.87. The lowest BCUT2D eigenvalue weighted by Gasteiger charge is -2.20. The molecule has 0 amide bonds. The van der Waals surface area contributed by atoms with Crippen LogP contribution in [0.3, 0.4) is 0 Å². The molecular weight excluding hydrogens is 200 g/mol. The zero-order chi connectivity index (χ0) is 11.0. The summed E-state index contributed by atoms with van der Waals surface area (Å²) in [4.78, 5) is 0. The van der Waals surface area contributed by atoms with Crippen molar-refractivity contribution in [3.05, 3.63) is 53.6 Å². The fourth-order valence-electron chi connectivity index (χ4n) is 2.30. The molecule has 1 unspecified atom stereocenters. The van der Waals surface area contributed by atoms with Crippen molar-refractivity contribution < 1.29 is 9.84 Å². The Hall–Kier alpha value is -1.64. The first-order valence-corrected chi connectivity index (χ1v) is 5.32. The number of aliphatic hydroxyl groups excluding tert-OH is 1. The average Bonchev–Trinajstić information content (AvgIpc) is 2.33. The number of benzene rings is 2. The number of ether oxygens (including phenoxy) is 1. The van der Waals surface area contributed by atoms with Crippen molar-refractivity contribution in [2.24, 2.45) is 0 Å². The Kier molecular flexibility index (Phi) is 2.24. The van der Waals surface area contributed by atoms with Crippen molar-refractivity contribution in [3.8, 4) is 0 Å². The second kappa shape index (κ2) is 3.74. The highest BCUT2D eigenvalue weighted by molar-refractivity contribution is 5.95. The van der Waals surface area contributed by atoms with Crippen LogP contribution in [0.1, 0.15) is 17.2 Å². The molecule has 3 rings (SSSR count). The number of rotatable bonds is 2. The molecule has 2 heteroatoms. The molecular formula is C14H12O2. The van der Waals surface area contributed by atoms with Gasteiger partial charge in [0.15, 0.2) is 0 Å². The van der Waals surface area contributed by atoms with Gasteiger partial charge in [-0.25, -0.2) is 0 Å². The molecule has 1 aliphatic carbocycles. The Morgan fingerprint density at radius 1 is 1.12 bits per heavy atom. The zero-order valence-electron chi connectivity index (χ0n) is 8.76. The average molecular weight is 212 g/mol. The molecule has 0 fully saturated rings. The molecule has 1 atom stereocenters. The largest absolute Gasteiger partial charge is 0.371 e. The Labute approximate surface area is 93.8 Å². The Bertz CT molecular complexity index is 552. The van der Waals surface area contributed by atoms with Gasteiger partial charge < -0.3 is 9.84 Å². The summed E-state index contributed by atoms with van der Waals surface area (Å²) in [6.45, 7) is -0.256. The minimum atomic E-state index is -0.256. The fourth-order valence-corrected chi connectivity index (χ4v) is 2.30. The van der Waals surface area contributed by atoms with Gasteiger partial charge in [0.1, 0.15) is 12.9 Å². The van der Waals surface area contributed by atoms with E-state index in [1.54, 1.807) is 0 Å². The minimum Gasteiger partial charge on any atom is -0.371 e. The van der Waals surface area contributed by atoms with Gasteiger partial charge in [-0.2, -0.15) is 0 Å². The van der Waals surface area contributed by atoms with Gasteiger partial charge >= 0.3 is 0 Å². The van der Waals surface area contributed by atoms with E-state index in [4.69, 9.17) is 9.84 Å². The molecule has 16 heavy (non-hydrogen) atoms. The van der Waals surface area contributed by atoms with Crippen LogP contribution in [0.5, 0.6) is 0 Å². The second-order valence-electron chi connectivity index (χ2n) is 3.87. The van der Waals surface area contributed by atoms with Gasteiger partial charge in [0.2, 0.25) is 0 Å². The van der Waals surface area contributed by atoms with Crippen LogP contribution < -0.4 is 0 Å². The summed E-state index contributed by atoms with van der Waals surface area (Å²) in [5.74, 6) is 0. The Morgan fingerprint density at radius 3 is 2.75 bits per heavy atom. The summed E-state index contributed by atoms with van der Waals surface area (Å²) in [5, 5.41) is 11.3. The lowest BCUT2D eigenvalue weighted by Crippen LogP contribution is -2.06. The first kappa shape index (κ1) is 9.58. The molecule has 0 radical (unpaired) electrons. The van der Waals surface area contributed by atoms with Crippen LogP contribution in [0, 0.1) is 0 Å². The molecule has 1 N–H and O–H groups in total. The van der Waals surface area contributed by atoms with E-state index in [1.165, 1.54) is 16.3 Å². The van der Waals surface area contributed by atoms with E-state index in [9.17, 15) is 0 Å². The lowest BCUT2D eigenvalue weighted by molar-refractivity contribution is -0.0314. The van der Waals surface area contributed by atoms with E-state index in [-0.39, 0.29) is 12.9 Å². The van der Waals surface area contributed by atoms with Crippen molar-refractivity contribution in [1.82, 2.24) is 0 Å². The van der Waals surface area contributed by atoms with Gasteiger partial charge in [-0.1, -0.05) is 48.6 Å². The molecule has 0 saturated heterocycles. The molecule has 0 aliphatic heterocycles. The molecule has 0 heterocycles. The van der Waals surface area contributed by atoms with Crippen molar-refractivity contribution in [1.29, 1.82) is 0 Å². The van der Waals surface area contributed by atoms with Crippen molar-refractivity contribution in [2.45, 2.75) is 6.10 Å². The van der Waals surface area contributed by atoms with Crippen molar-refractivity contribution in [3.63, 3.8) is 0 Å². The second-order valence-corrected chi connectivity index (χ2v) is 3.87. The molecule has 0 spiro atoms. The van der Waals surface area contributed by atoms with E-state index in [2.05, 4.69) is 36.4 Å². The summed E-state index contributed by atoms with van der Waals surface area (Å²) >= 11 is 0. The normalized spacial score (nSPS) is 17.9. The van der Waals surface area contributed by atoms with Crippen LogP contribution in [-0.2, 0) is 4.74 Å². The minimum absolute atomic E-state index is 0.136. The molecule has 1 aliphatic rings. The highest BCUT2D eigenvalue weighted by Crippen LogP contribution is 2.34. The highest BCUT2D eigenvalue weighted by Gasteiger charge is 2.17. The molecule has 80 valence electrons. The van der Waals surface area contributed by atoms with Crippen molar-refractivity contribution in [2.75, 3.05) is 6.79 Å². The van der Waals surface area contributed by atoms with Gasteiger partial charge in [0.05, 0.1) is 0 Å². The molecule has 0 saturated carbocycles. The fraction of sp³-hybridized carbons (Fsp3) is 0.143. The van der Waals surface area contributed by atoms with E-state index in [0.717, 1.165) is 5.56 Å². The van der Waals surface area contributed by atoms with Gasteiger partial charge in [-0.05, 0) is 21.9 Å². The SMILES string of the molecule is OCOC1C=Cc2cccc3cccc1c23. The third-order valence-corrected chi connectivity index (χ3v) is 2.98.